The molecule has 0 aliphatic carbocycles. The zero-order valence-electron chi connectivity index (χ0n) is 18.8. The van der Waals surface area contributed by atoms with Crippen molar-refractivity contribution in [3.8, 4) is 0 Å². The molecule has 174 valence electrons. The lowest BCUT2D eigenvalue weighted by Gasteiger charge is -2.32. The predicted molar refractivity (Wildman–Crippen MR) is 128 cm³/mol. The third kappa shape index (κ3) is 6.71. The number of carbonyl (C=O) groups excluding carboxylic acids is 2. The highest BCUT2D eigenvalue weighted by Gasteiger charge is 2.30. The van der Waals surface area contributed by atoms with Gasteiger partial charge in [0.25, 0.3) is 0 Å². The Bertz CT molecular complexity index is 1060. The number of anilines is 1. The number of nitrogens with zero attached hydrogens (tertiary/aromatic N) is 2. The van der Waals surface area contributed by atoms with Crippen LogP contribution in [0.2, 0.25) is 5.02 Å². The van der Waals surface area contributed by atoms with Crippen molar-refractivity contribution < 1.29 is 18.0 Å². The first kappa shape index (κ1) is 25.7. The van der Waals surface area contributed by atoms with E-state index in [1.165, 1.54) is 4.90 Å². The first-order valence-corrected chi connectivity index (χ1v) is 12.6. The largest absolute Gasteiger partial charge is 0.354 e. The Labute approximate surface area is 195 Å². The van der Waals surface area contributed by atoms with Crippen molar-refractivity contribution in [2.75, 3.05) is 23.7 Å². The maximum atomic E-state index is 13.4. The SMILES string of the molecule is CCCNC(=O)C(C)N(Cc1ccccc1Cl)C(=O)CN(c1ccccc1C)S(C)(=O)=O. The van der Waals surface area contributed by atoms with Crippen LogP contribution in [0.15, 0.2) is 48.5 Å². The molecule has 1 atom stereocenters. The summed E-state index contributed by atoms with van der Waals surface area (Å²) in [4.78, 5) is 27.4. The number of hydrogen-bond donors (Lipinski definition) is 1. The normalized spacial score (nSPS) is 12.2. The summed E-state index contributed by atoms with van der Waals surface area (Å²) >= 11 is 6.29. The van der Waals surface area contributed by atoms with Crippen molar-refractivity contribution in [1.29, 1.82) is 0 Å². The van der Waals surface area contributed by atoms with E-state index in [9.17, 15) is 18.0 Å². The highest BCUT2D eigenvalue weighted by molar-refractivity contribution is 7.92. The molecule has 2 aromatic carbocycles. The molecule has 0 saturated heterocycles. The molecule has 0 aliphatic heterocycles. The fourth-order valence-electron chi connectivity index (χ4n) is 3.23. The number of amides is 2. The van der Waals surface area contributed by atoms with Crippen LogP contribution in [0.4, 0.5) is 5.69 Å². The summed E-state index contributed by atoms with van der Waals surface area (Å²) < 4.78 is 26.2. The number of halogens is 1. The zero-order chi connectivity index (χ0) is 23.9. The second-order valence-corrected chi connectivity index (χ2v) is 9.95. The molecule has 2 aromatic rings. The summed E-state index contributed by atoms with van der Waals surface area (Å²) in [6, 6.07) is 13.2. The molecule has 1 N–H and O–H groups in total. The van der Waals surface area contributed by atoms with Crippen molar-refractivity contribution in [3.63, 3.8) is 0 Å². The minimum atomic E-state index is -3.75. The maximum Gasteiger partial charge on any atom is 0.244 e. The highest BCUT2D eigenvalue weighted by Crippen LogP contribution is 2.23. The molecule has 2 amide bonds. The molecule has 2 rings (SSSR count). The second-order valence-electron chi connectivity index (χ2n) is 7.64. The Morgan fingerprint density at radius 3 is 2.31 bits per heavy atom. The van der Waals surface area contributed by atoms with E-state index >= 15 is 0 Å². The molecule has 0 saturated carbocycles. The fraction of sp³-hybridized carbons (Fsp3) is 0.391. The van der Waals surface area contributed by atoms with Gasteiger partial charge in [-0.25, -0.2) is 8.42 Å². The molecule has 0 heterocycles. The van der Waals surface area contributed by atoms with Crippen LogP contribution in [0.3, 0.4) is 0 Å². The lowest BCUT2D eigenvalue weighted by atomic mass is 10.1. The zero-order valence-corrected chi connectivity index (χ0v) is 20.4. The van der Waals surface area contributed by atoms with Crippen LogP contribution in [-0.4, -0.2) is 50.5 Å². The van der Waals surface area contributed by atoms with Crippen molar-refractivity contribution >= 4 is 39.1 Å². The molecule has 0 radical (unpaired) electrons. The van der Waals surface area contributed by atoms with Gasteiger partial charge in [0.2, 0.25) is 21.8 Å². The van der Waals surface area contributed by atoms with Gasteiger partial charge in [-0.15, -0.1) is 0 Å². The van der Waals surface area contributed by atoms with E-state index in [0.717, 1.165) is 22.5 Å². The maximum absolute atomic E-state index is 13.4. The molecule has 0 aliphatic rings. The lowest BCUT2D eigenvalue weighted by Crippen LogP contribution is -2.51. The summed E-state index contributed by atoms with van der Waals surface area (Å²) in [6.45, 7) is 5.46. The molecule has 0 aromatic heterocycles. The monoisotopic (exact) mass is 479 g/mol. The van der Waals surface area contributed by atoms with E-state index < -0.39 is 28.5 Å². The minimum absolute atomic E-state index is 0.0740. The Morgan fingerprint density at radius 2 is 1.72 bits per heavy atom. The molecule has 9 heteroatoms. The summed E-state index contributed by atoms with van der Waals surface area (Å²) in [6.07, 6.45) is 1.81. The van der Waals surface area contributed by atoms with Crippen molar-refractivity contribution in [2.24, 2.45) is 0 Å². The van der Waals surface area contributed by atoms with E-state index in [1.807, 2.05) is 6.92 Å². The first-order valence-electron chi connectivity index (χ1n) is 10.4. The molecule has 1 unspecified atom stereocenters. The second kappa shape index (κ2) is 11.3. The number of sulfonamides is 1. The van der Waals surface area contributed by atoms with Gasteiger partial charge in [-0.2, -0.15) is 0 Å². The van der Waals surface area contributed by atoms with Crippen LogP contribution >= 0.6 is 11.6 Å². The molecular formula is C23H30ClN3O4S. The first-order chi connectivity index (χ1) is 15.1. The van der Waals surface area contributed by atoms with Gasteiger partial charge >= 0.3 is 0 Å². The number of rotatable bonds is 10. The molecule has 7 nitrogen and oxygen atoms in total. The number of para-hydroxylation sites is 1. The van der Waals surface area contributed by atoms with E-state index in [4.69, 9.17) is 11.6 Å². The van der Waals surface area contributed by atoms with Gasteiger partial charge in [0.05, 0.1) is 11.9 Å². The Morgan fingerprint density at radius 1 is 1.09 bits per heavy atom. The predicted octanol–water partition coefficient (Wildman–Crippen LogP) is 3.36. The van der Waals surface area contributed by atoms with Crippen molar-refractivity contribution in [3.05, 3.63) is 64.7 Å². The van der Waals surface area contributed by atoms with Gasteiger partial charge in [-0.1, -0.05) is 54.9 Å². The number of aryl methyl sites for hydroxylation is 1. The Kier molecular flexibility index (Phi) is 9.09. The summed E-state index contributed by atoms with van der Waals surface area (Å²) in [5.41, 5.74) is 1.81. The van der Waals surface area contributed by atoms with Gasteiger partial charge in [-0.05, 0) is 43.5 Å². The Hall–Kier alpha value is -2.58. The van der Waals surface area contributed by atoms with Crippen LogP contribution < -0.4 is 9.62 Å². The third-order valence-electron chi connectivity index (χ3n) is 5.08. The highest BCUT2D eigenvalue weighted by atomic mass is 35.5. The minimum Gasteiger partial charge on any atom is -0.354 e. The van der Waals surface area contributed by atoms with Gasteiger partial charge in [-0.3, -0.25) is 13.9 Å². The van der Waals surface area contributed by atoms with Gasteiger partial charge < -0.3 is 10.2 Å². The van der Waals surface area contributed by atoms with Crippen LogP contribution in [0.25, 0.3) is 0 Å². The van der Waals surface area contributed by atoms with Crippen LogP contribution in [0, 0.1) is 6.92 Å². The van der Waals surface area contributed by atoms with Crippen LogP contribution in [0.5, 0.6) is 0 Å². The Balaban J connectivity index is 2.40. The lowest BCUT2D eigenvalue weighted by molar-refractivity contribution is -0.139. The number of carbonyl (C=O) groups is 2. The average Bonchev–Trinajstić information content (AvgIpc) is 2.74. The molecular weight excluding hydrogens is 450 g/mol. The van der Waals surface area contributed by atoms with Crippen LogP contribution in [-0.2, 0) is 26.2 Å². The summed E-state index contributed by atoms with van der Waals surface area (Å²) in [5.74, 6) is -0.813. The number of hydrogen-bond acceptors (Lipinski definition) is 4. The molecule has 0 fully saturated rings. The standard InChI is InChI=1S/C23H30ClN3O4S/c1-5-14-25-23(29)18(3)26(15-19-11-7-8-12-20(19)24)22(28)16-27(32(4,30)31)21-13-9-6-10-17(21)2/h6-13,18H,5,14-16H2,1-4H3,(H,25,29). The third-order valence-corrected chi connectivity index (χ3v) is 6.57. The smallest absolute Gasteiger partial charge is 0.244 e. The average molecular weight is 480 g/mol. The molecule has 0 bridgehead atoms. The van der Waals surface area contributed by atoms with E-state index in [-0.39, 0.29) is 12.5 Å². The molecule has 32 heavy (non-hydrogen) atoms. The van der Waals surface area contributed by atoms with Gasteiger partial charge in [0.1, 0.15) is 12.6 Å². The van der Waals surface area contributed by atoms with Crippen molar-refractivity contribution in [1.82, 2.24) is 10.2 Å². The quantitative estimate of drug-likeness (QED) is 0.566. The fourth-order valence-corrected chi connectivity index (χ4v) is 4.33. The van der Waals surface area contributed by atoms with Crippen LogP contribution in [0.1, 0.15) is 31.4 Å². The number of nitrogens with one attached hydrogen (secondary N) is 1. The van der Waals surface area contributed by atoms with Gasteiger partial charge in [0, 0.05) is 18.1 Å². The van der Waals surface area contributed by atoms with E-state index in [2.05, 4.69) is 5.32 Å². The summed E-state index contributed by atoms with van der Waals surface area (Å²) in [5, 5.41) is 3.26. The number of benzene rings is 2. The van der Waals surface area contributed by atoms with Crippen molar-refractivity contribution in [2.45, 2.75) is 39.8 Å². The van der Waals surface area contributed by atoms with Gasteiger partial charge in [0.15, 0.2) is 0 Å². The van der Waals surface area contributed by atoms with E-state index in [1.54, 1.807) is 62.4 Å². The van der Waals surface area contributed by atoms with E-state index in [0.29, 0.717) is 22.8 Å². The summed E-state index contributed by atoms with van der Waals surface area (Å²) in [7, 11) is -3.75. The topological polar surface area (TPSA) is 86.8 Å². The molecule has 0 spiro atoms.